The van der Waals surface area contributed by atoms with E-state index in [0.29, 0.717) is 11.8 Å². The predicted octanol–water partition coefficient (Wildman–Crippen LogP) is 2.14. The Hall–Kier alpha value is -1.79. The van der Waals surface area contributed by atoms with Crippen LogP contribution in [0.15, 0.2) is 24.3 Å². The first-order valence-corrected chi connectivity index (χ1v) is 10.1. The molecule has 3 rings (SSSR count). The van der Waals surface area contributed by atoms with Crippen molar-refractivity contribution in [1.82, 2.24) is 10.2 Å². The molecule has 0 bridgehead atoms. The summed E-state index contributed by atoms with van der Waals surface area (Å²) in [6.45, 7) is 5.71. The van der Waals surface area contributed by atoms with Crippen LogP contribution in [0, 0.1) is 5.92 Å². The van der Waals surface area contributed by atoms with Gasteiger partial charge in [-0.1, -0.05) is 0 Å². The van der Waals surface area contributed by atoms with E-state index in [9.17, 15) is 4.79 Å². The molecule has 0 aliphatic carbocycles. The monoisotopic (exact) mass is 375 g/mol. The topological polar surface area (TPSA) is 54.0 Å². The van der Waals surface area contributed by atoms with Crippen LogP contribution in [0.25, 0.3) is 0 Å². The van der Waals surface area contributed by atoms with E-state index in [-0.39, 0.29) is 12.6 Å². The van der Waals surface area contributed by atoms with Crippen LogP contribution in [0.4, 0.5) is 5.69 Å². The summed E-state index contributed by atoms with van der Waals surface area (Å²) in [7, 11) is 3.66. The number of carbonyl (C=O) groups is 1. The molecule has 0 amide bonds. The summed E-state index contributed by atoms with van der Waals surface area (Å²) in [6.07, 6.45) is 5.05. The Kier molecular flexibility index (Phi) is 7.35. The van der Waals surface area contributed by atoms with Crippen molar-refractivity contribution in [3.05, 3.63) is 24.3 Å². The Morgan fingerprint density at radius 2 is 1.81 bits per heavy atom. The number of ether oxygens (including phenoxy) is 2. The minimum absolute atomic E-state index is 0.0510. The van der Waals surface area contributed by atoms with Gasteiger partial charge >= 0.3 is 5.97 Å². The smallest absolute Gasteiger partial charge is 0.343 e. The Labute approximate surface area is 162 Å². The molecule has 0 aromatic heterocycles. The van der Waals surface area contributed by atoms with Crippen molar-refractivity contribution >= 4 is 11.7 Å². The molecule has 0 radical (unpaired) electrons. The van der Waals surface area contributed by atoms with Crippen LogP contribution in [-0.4, -0.2) is 70.4 Å². The van der Waals surface area contributed by atoms with Crippen LogP contribution in [-0.2, 0) is 9.53 Å². The maximum atomic E-state index is 11.1. The fourth-order valence-corrected chi connectivity index (χ4v) is 4.14. The average molecular weight is 376 g/mol. The highest BCUT2D eigenvalue weighted by Crippen LogP contribution is 2.25. The molecule has 2 fully saturated rings. The van der Waals surface area contributed by atoms with Gasteiger partial charge in [-0.3, -0.25) is 0 Å². The largest absolute Gasteiger partial charge is 0.482 e. The molecule has 1 aromatic rings. The van der Waals surface area contributed by atoms with Gasteiger partial charge in [-0.05, 0) is 76.0 Å². The quantitative estimate of drug-likeness (QED) is 0.737. The lowest BCUT2D eigenvalue weighted by Crippen LogP contribution is -2.45. The van der Waals surface area contributed by atoms with Crippen molar-refractivity contribution in [3.63, 3.8) is 0 Å². The predicted molar refractivity (Wildman–Crippen MR) is 107 cm³/mol. The molecule has 0 spiro atoms. The molecule has 6 nitrogen and oxygen atoms in total. The second-order valence-electron chi connectivity index (χ2n) is 7.71. The summed E-state index contributed by atoms with van der Waals surface area (Å²) in [5, 5.41) is 3.45. The number of benzene rings is 1. The third-order valence-electron chi connectivity index (χ3n) is 5.88. The first-order chi connectivity index (χ1) is 13.2. The number of piperidine rings is 2. The molecule has 2 aliphatic rings. The molecular weight excluding hydrogens is 342 g/mol. The number of carbonyl (C=O) groups excluding carboxylic acids is 1. The van der Waals surface area contributed by atoms with Gasteiger partial charge in [0.1, 0.15) is 5.75 Å². The van der Waals surface area contributed by atoms with E-state index in [4.69, 9.17) is 4.74 Å². The van der Waals surface area contributed by atoms with Crippen LogP contribution in [0.2, 0.25) is 0 Å². The van der Waals surface area contributed by atoms with E-state index in [1.165, 1.54) is 58.1 Å². The molecular formula is C21H33N3O3. The zero-order valence-electron chi connectivity index (χ0n) is 16.7. The number of nitrogens with zero attached hydrogens (tertiary/aromatic N) is 2. The Morgan fingerprint density at radius 1 is 1.15 bits per heavy atom. The highest BCUT2D eigenvalue weighted by molar-refractivity contribution is 5.70. The van der Waals surface area contributed by atoms with Crippen LogP contribution in [0.5, 0.6) is 5.75 Å². The summed E-state index contributed by atoms with van der Waals surface area (Å²) in [6, 6.07) is 8.69. The van der Waals surface area contributed by atoms with Crippen molar-refractivity contribution in [1.29, 1.82) is 0 Å². The summed E-state index contributed by atoms with van der Waals surface area (Å²) in [5.41, 5.74) is 1.22. The molecule has 2 saturated heterocycles. The molecule has 0 atom stereocenters. The number of esters is 1. The second kappa shape index (κ2) is 9.95. The Bertz CT molecular complexity index is 579. The average Bonchev–Trinajstić information content (AvgIpc) is 2.73. The summed E-state index contributed by atoms with van der Waals surface area (Å²) < 4.78 is 10.0. The van der Waals surface area contributed by atoms with Crippen LogP contribution in [0.1, 0.15) is 25.7 Å². The van der Waals surface area contributed by atoms with E-state index in [2.05, 4.69) is 39.0 Å². The normalized spacial score (nSPS) is 19.3. The van der Waals surface area contributed by atoms with Crippen LogP contribution < -0.4 is 15.0 Å². The van der Waals surface area contributed by atoms with Crippen molar-refractivity contribution < 1.29 is 14.3 Å². The summed E-state index contributed by atoms with van der Waals surface area (Å²) in [4.78, 5) is 16.2. The van der Waals surface area contributed by atoms with E-state index in [1.54, 1.807) is 0 Å². The molecule has 0 unspecified atom stereocenters. The lowest BCUT2D eigenvalue weighted by molar-refractivity contribution is -0.142. The lowest BCUT2D eigenvalue weighted by Gasteiger charge is -2.39. The number of rotatable bonds is 7. The molecule has 1 aromatic carbocycles. The number of hydrogen-bond acceptors (Lipinski definition) is 6. The zero-order valence-corrected chi connectivity index (χ0v) is 16.7. The SMILES string of the molecule is COC(=O)COc1ccc(N2CCC(N(C)CC3CCNCC3)CC2)cc1. The fourth-order valence-electron chi connectivity index (χ4n) is 4.14. The van der Waals surface area contributed by atoms with Gasteiger partial charge in [0.15, 0.2) is 6.61 Å². The van der Waals surface area contributed by atoms with Gasteiger partial charge in [0.25, 0.3) is 0 Å². The number of nitrogens with one attached hydrogen (secondary N) is 1. The van der Waals surface area contributed by atoms with Gasteiger partial charge in [0.05, 0.1) is 7.11 Å². The fraction of sp³-hybridized carbons (Fsp3) is 0.667. The van der Waals surface area contributed by atoms with Gasteiger partial charge < -0.3 is 24.6 Å². The van der Waals surface area contributed by atoms with Crippen molar-refractivity contribution in [3.8, 4) is 5.75 Å². The zero-order chi connectivity index (χ0) is 19.1. The minimum atomic E-state index is -0.366. The number of methoxy groups -OCH3 is 1. The van der Waals surface area contributed by atoms with E-state index >= 15 is 0 Å². The van der Waals surface area contributed by atoms with E-state index in [1.807, 2.05) is 12.1 Å². The highest BCUT2D eigenvalue weighted by Gasteiger charge is 2.25. The van der Waals surface area contributed by atoms with Gasteiger partial charge in [-0.2, -0.15) is 0 Å². The maximum absolute atomic E-state index is 11.1. The number of anilines is 1. The van der Waals surface area contributed by atoms with Crippen LogP contribution in [0.3, 0.4) is 0 Å². The van der Waals surface area contributed by atoms with E-state index < -0.39 is 0 Å². The lowest BCUT2D eigenvalue weighted by atomic mass is 9.95. The third-order valence-corrected chi connectivity index (χ3v) is 5.88. The van der Waals surface area contributed by atoms with Gasteiger partial charge in [0.2, 0.25) is 0 Å². The highest BCUT2D eigenvalue weighted by atomic mass is 16.6. The Balaban J connectivity index is 1.43. The van der Waals surface area contributed by atoms with Crippen molar-refractivity contribution in [2.45, 2.75) is 31.7 Å². The maximum Gasteiger partial charge on any atom is 0.343 e. The summed E-state index contributed by atoms with van der Waals surface area (Å²) >= 11 is 0. The first-order valence-electron chi connectivity index (χ1n) is 10.1. The molecule has 150 valence electrons. The van der Waals surface area contributed by atoms with Gasteiger partial charge in [0, 0.05) is 31.4 Å². The molecule has 2 heterocycles. The molecule has 1 N–H and O–H groups in total. The first kappa shape index (κ1) is 20.0. The Morgan fingerprint density at radius 3 is 2.44 bits per heavy atom. The standard InChI is InChI=1S/C21H33N3O3/c1-23(15-17-7-11-22-12-8-17)18-9-13-24(14-10-18)19-3-5-20(6-4-19)27-16-21(25)26-2/h3-6,17-18,22H,7-16H2,1-2H3. The summed E-state index contributed by atoms with van der Waals surface area (Å²) in [5.74, 6) is 1.18. The van der Waals surface area contributed by atoms with Gasteiger partial charge in [-0.25, -0.2) is 4.79 Å². The second-order valence-corrected chi connectivity index (χ2v) is 7.71. The molecule has 2 aliphatic heterocycles. The minimum Gasteiger partial charge on any atom is -0.482 e. The molecule has 6 heteroatoms. The van der Waals surface area contributed by atoms with Crippen molar-refractivity contribution in [2.75, 3.05) is 58.4 Å². The van der Waals surface area contributed by atoms with E-state index in [0.717, 1.165) is 19.0 Å². The molecule has 0 saturated carbocycles. The van der Waals surface area contributed by atoms with Crippen LogP contribution >= 0.6 is 0 Å². The number of hydrogen-bond donors (Lipinski definition) is 1. The third kappa shape index (κ3) is 5.84. The molecule has 27 heavy (non-hydrogen) atoms. The van der Waals surface area contributed by atoms with Crippen molar-refractivity contribution in [2.24, 2.45) is 5.92 Å². The van der Waals surface area contributed by atoms with Gasteiger partial charge in [-0.15, -0.1) is 0 Å².